The van der Waals surface area contributed by atoms with E-state index in [-0.39, 0.29) is 6.61 Å². The predicted octanol–water partition coefficient (Wildman–Crippen LogP) is -2.37. The third-order valence-corrected chi connectivity index (χ3v) is 1.94. The van der Waals surface area contributed by atoms with E-state index in [1.165, 1.54) is 0 Å². The summed E-state index contributed by atoms with van der Waals surface area (Å²) in [6.07, 6.45) is -5.83. The van der Waals surface area contributed by atoms with Crippen LogP contribution in [0, 0.1) is 0 Å². The number of Topliss-reactive ketones (excluding diaryl/α,β-unsaturated/α-hetero) is 2. The quantitative estimate of drug-likeness (QED) is 0.432. The van der Waals surface area contributed by atoms with Crippen LogP contribution < -0.4 is 0 Å². The van der Waals surface area contributed by atoms with Gasteiger partial charge in [-0.1, -0.05) is 0 Å². The average Bonchev–Trinajstić information content (AvgIpc) is 2.96. The molecule has 0 aromatic carbocycles. The summed E-state index contributed by atoms with van der Waals surface area (Å²) in [4.78, 5) is 22.1. The van der Waals surface area contributed by atoms with Crippen molar-refractivity contribution >= 4 is 11.6 Å². The minimum atomic E-state index is -1.88. The van der Waals surface area contributed by atoms with Crippen molar-refractivity contribution in [1.82, 2.24) is 0 Å². The summed E-state index contributed by atoms with van der Waals surface area (Å²) in [5.41, 5.74) is 0. The van der Waals surface area contributed by atoms with Gasteiger partial charge in [-0.25, -0.2) is 0 Å². The molecule has 1 saturated heterocycles. The van der Waals surface area contributed by atoms with Crippen molar-refractivity contribution in [3.05, 3.63) is 0 Å². The van der Waals surface area contributed by atoms with Crippen LogP contribution >= 0.6 is 0 Å². The molecule has 0 aromatic heterocycles. The van der Waals surface area contributed by atoms with Gasteiger partial charge < -0.3 is 20.1 Å². The van der Waals surface area contributed by atoms with Crippen molar-refractivity contribution in [2.45, 2.75) is 31.3 Å². The molecule has 1 aliphatic rings. The topological polar surface area (TPSA) is 107 Å². The molecular weight excluding hydrogens is 192 g/mol. The Balaban J connectivity index is 2.54. The Morgan fingerprint density at radius 3 is 2.14 bits per heavy atom. The van der Waals surface area contributed by atoms with E-state index in [2.05, 4.69) is 4.74 Å². The summed E-state index contributed by atoms with van der Waals surface area (Å²) in [7, 11) is 0. The van der Waals surface area contributed by atoms with E-state index >= 15 is 0 Å². The molecule has 0 amide bonds. The van der Waals surface area contributed by atoms with Crippen molar-refractivity contribution in [2.24, 2.45) is 0 Å². The van der Waals surface area contributed by atoms with Crippen molar-refractivity contribution in [3.63, 3.8) is 0 Å². The van der Waals surface area contributed by atoms with Gasteiger partial charge in [-0.05, 0) is 6.92 Å². The van der Waals surface area contributed by atoms with Crippen LogP contribution in [0.4, 0.5) is 0 Å². The van der Waals surface area contributed by atoms with Gasteiger partial charge in [-0.2, -0.15) is 0 Å². The van der Waals surface area contributed by atoms with E-state index in [0.717, 1.165) is 6.92 Å². The van der Waals surface area contributed by atoms with Crippen LogP contribution in [0.1, 0.15) is 6.92 Å². The van der Waals surface area contributed by atoms with Gasteiger partial charge in [0.2, 0.25) is 0 Å². The third-order valence-electron chi connectivity index (χ3n) is 1.94. The Kier molecular flexibility index (Phi) is 3.33. The Morgan fingerprint density at radius 2 is 1.79 bits per heavy atom. The highest BCUT2D eigenvalue weighted by Crippen LogP contribution is 2.14. The summed E-state index contributed by atoms with van der Waals surface area (Å²) in [6, 6.07) is 0. The second-order valence-electron chi connectivity index (χ2n) is 3.19. The minimum absolute atomic E-state index is 0.200. The molecule has 1 rings (SSSR count). The zero-order valence-corrected chi connectivity index (χ0v) is 7.58. The van der Waals surface area contributed by atoms with Gasteiger partial charge >= 0.3 is 0 Å². The first-order chi connectivity index (χ1) is 6.45. The van der Waals surface area contributed by atoms with E-state index < -0.39 is 36.0 Å². The number of ketones is 2. The zero-order valence-electron chi connectivity index (χ0n) is 7.58. The zero-order chi connectivity index (χ0) is 10.9. The van der Waals surface area contributed by atoms with Gasteiger partial charge in [0.25, 0.3) is 0 Å². The lowest BCUT2D eigenvalue weighted by Gasteiger charge is -2.15. The third kappa shape index (κ3) is 2.36. The number of hydrogen-bond donors (Lipinski definition) is 3. The maximum absolute atomic E-state index is 11.1. The number of epoxide rings is 1. The Bertz CT molecular complexity index is 226. The molecule has 6 heteroatoms. The van der Waals surface area contributed by atoms with Crippen molar-refractivity contribution in [1.29, 1.82) is 0 Å². The van der Waals surface area contributed by atoms with Gasteiger partial charge in [0.05, 0.1) is 6.61 Å². The summed E-state index contributed by atoms with van der Waals surface area (Å²) >= 11 is 0. The fourth-order valence-electron chi connectivity index (χ4n) is 0.961. The molecular formula is C8H12O6. The number of carbonyl (C=O) groups excluding carboxylic acids is 2. The number of aliphatic hydroxyl groups is 3. The number of rotatable bonds is 5. The minimum Gasteiger partial charge on any atom is -0.386 e. The predicted molar refractivity (Wildman–Crippen MR) is 43.4 cm³/mol. The van der Waals surface area contributed by atoms with E-state index in [1.807, 2.05) is 0 Å². The molecule has 0 aliphatic carbocycles. The largest absolute Gasteiger partial charge is 0.386 e. The summed E-state index contributed by atoms with van der Waals surface area (Å²) in [5, 5.41) is 27.2. The molecule has 1 heterocycles. The fourth-order valence-corrected chi connectivity index (χ4v) is 0.961. The van der Waals surface area contributed by atoms with E-state index in [4.69, 9.17) is 10.2 Å². The molecule has 14 heavy (non-hydrogen) atoms. The molecule has 3 N–H and O–H groups in total. The molecule has 1 aliphatic heterocycles. The van der Waals surface area contributed by atoms with Crippen molar-refractivity contribution in [3.8, 4) is 0 Å². The van der Waals surface area contributed by atoms with Crippen LogP contribution in [0.15, 0.2) is 0 Å². The van der Waals surface area contributed by atoms with Gasteiger partial charge in [0, 0.05) is 0 Å². The number of ether oxygens (including phenoxy) is 1. The van der Waals surface area contributed by atoms with Gasteiger partial charge in [-0.3, -0.25) is 9.59 Å². The lowest BCUT2D eigenvalue weighted by molar-refractivity contribution is -0.148. The fraction of sp³-hybridized carbons (Fsp3) is 0.750. The van der Waals surface area contributed by atoms with Crippen LogP contribution in [0.25, 0.3) is 0 Å². The number of aliphatic hydroxyl groups excluding tert-OH is 3. The first kappa shape index (κ1) is 11.3. The second kappa shape index (κ2) is 4.14. The molecule has 0 spiro atoms. The molecule has 4 atom stereocenters. The Morgan fingerprint density at radius 1 is 1.29 bits per heavy atom. The van der Waals surface area contributed by atoms with Crippen LogP contribution in [-0.2, 0) is 14.3 Å². The number of carbonyl (C=O) groups is 2. The van der Waals surface area contributed by atoms with Crippen LogP contribution in [0.3, 0.4) is 0 Å². The highest BCUT2D eigenvalue weighted by molar-refractivity contribution is 5.97. The highest BCUT2D eigenvalue weighted by atomic mass is 16.6. The SMILES string of the molecule is CC(O)C(=O)C(O)C(O)C(=O)C1CO1. The smallest absolute Gasteiger partial charge is 0.195 e. The van der Waals surface area contributed by atoms with Crippen LogP contribution in [0.2, 0.25) is 0 Å². The highest BCUT2D eigenvalue weighted by Gasteiger charge is 2.41. The summed E-state index contributed by atoms with van der Waals surface area (Å²) < 4.78 is 4.59. The van der Waals surface area contributed by atoms with Crippen LogP contribution in [0.5, 0.6) is 0 Å². The Labute approximate surface area is 80.1 Å². The molecule has 0 aromatic rings. The number of hydrogen-bond acceptors (Lipinski definition) is 6. The van der Waals surface area contributed by atoms with Gasteiger partial charge in [0.15, 0.2) is 11.6 Å². The second-order valence-corrected chi connectivity index (χ2v) is 3.19. The maximum atomic E-state index is 11.1. The monoisotopic (exact) mass is 204 g/mol. The summed E-state index contributed by atoms with van der Waals surface area (Å²) in [5.74, 6) is -1.71. The Hall–Kier alpha value is -0.820. The first-order valence-corrected chi connectivity index (χ1v) is 4.18. The molecule has 6 nitrogen and oxygen atoms in total. The molecule has 0 bridgehead atoms. The maximum Gasteiger partial charge on any atom is 0.195 e. The molecule has 0 saturated carbocycles. The lowest BCUT2D eigenvalue weighted by Crippen LogP contribution is -2.45. The lowest BCUT2D eigenvalue weighted by atomic mass is 10.0. The molecule has 80 valence electrons. The molecule has 4 unspecified atom stereocenters. The van der Waals surface area contributed by atoms with E-state index in [0.29, 0.717) is 0 Å². The first-order valence-electron chi connectivity index (χ1n) is 4.18. The standard InChI is InChI=1S/C8H12O6/c1-3(9)5(10)7(12)8(13)6(11)4-2-14-4/h3-4,7-9,12-13H,2H2,1H3. The van der Waals surface area contributed by atoms with Crippen molar-refractivity contribution in [2.75, 3.05) is 6.61 Å². The molecule has 1 fully saturated rings. The summed E-state index contributed by atoms with van der Waals surface area (Å²) in [6.45, 7) is 1.35. The van der Waals surface area contributed by atoms with Crippen LogP contribution in [-0.4, -0.2) is 57.9 Å². The van der Waals surface area contributed by atoms with Gasteiger partial charge in [0.1, 0.15) is 24.4 Å². The molecule has 0 radical (unpaired) electrons. The average molecular weight is 204 g/mol. The van der Waals surface area contributed by atoms with E-state index in [9.17, 15) is 14.7 Å². The van der Waals surface area contributed by atoms with Crippen molar-refractivity contribution < 1.29 is 29.6 Å². The van der Waals surface area contributed by atoms with E-state index in [1.54, 1.807) is 0 Å². The van der Waals surface area contributed by atoms with Gasteiger partial charge in [-0.15, -0.1) is 0 Å². The normalized spacial score (nSPS) is 26.4.